The van der Waals surface area contributed by atoms with Crippen LogP contribution < -0.4 is 0 Å². The molecule has 0 heterocycles. The Kier molecular flexibility index (Phi) is 2.11. The van der Waals surface area contributed by atoms with E-state index in [0.717, 1.165) is 17.5 Å². The summed E-state index contributed by atoms with van der Waals surface area (Å²) in [6, 6.07) is 10.3. The van der Waals surface area contributed by atoms with Gasteiger partial charge in [-0.15, -0.1) is 0 Å². The zero-order valence-corrected chi connectivity index (χ0v) is 9.46. The number of hydrogen-bond acceptors (Lipinski definition) is 1. The number of halogens is 1. The van der Waals surface area contributed by atoms with Gasteiger partial charge in [-0.1, -0.05) is 31.2 Å². The van der Waals surface area contributed by atoms with E-state index in [9.17, 15) is 9.18 Å². The lowest BCUT2D eigenvalue weighted by Gasteiger charge is -2.02. The smallest absolute Gasteiger partial charge is 0.194 e. The molecule has 2 heteroatoms. The molecule has 1 nitrogen and oxygen atoms in total. The molecule has 0 unspecified atom stereocenters. The topological polar surface area (TPSA) is 17.1 Å². The molecule has 84 valence electrons. The summed E-state index contributed by atoms with van der Waals surface area (Å²) < 4.78 is 13.8. The molecule has 0 aliphatic heterocycles. The average molecular weight is 226 g/mol. The van der Waals surface area contributed by atoms with Crippen molar-refractivity contribution in [3.63, 3.8) is 0 Å². The lowest BCUT2D eigenvalue weighted by Crippen LogP contribution is -1.96. The number of aryl methyl sites for hydroxylation is 1. The lowest BCUT2D eigenvalue weighted by atomic mass is 10.0. The third kappa shape index (κ3) is 1.34. The van der Waals surface area contributed by atoms with E-state index < -0.39 is 0 Å². The summed E-state index contributed by atoms with van der Waals surface area (Å²) in [6.07, 6.45) is 0.874. The third-order valence-corrected chi connectivity index (χ3v) is 3.26. The van der Waals surface area contributed by atoms with Gasteiger partial charge in [0.25, 0.3) is 0 Å². The van der Waals surface area contributed by atoms with Gasteiger partial charge in [-0.05, 0) is 29.7 Å². The predicted octanol–water partition coefficient (Wildman–Crippen LogP) is 3.60. The first-order chi connectivity index (χ1) is 8.22. The Bertz CT molecular complexity index is 629. The summed E-state index contributed by atoms with van der Waals surface area (Å²) >= 11 is 0. The molecular formula is C15H11FO. The fourth-order valence-electron chi connectivity index (χ4n) is 2.35. The first-order valence-corrected chi connectivity index (χ1v) is 5.69. The van der Waals surface area contributed by atoms with Crippen LogP contribution in [0.5, 0.6) is 0 Å². The van der Waals surface area contributed by atoms with Crippen LogP contribution in [0.25, 0.3) is 11.1 Å². The van der Waals surface area contributed by atoms with Crippen LogP contribution in [0.15, 0.2) is 36.4 Å². The van der Waals surface area contributed by atoms with Gasteiger partial charge >= 0.3 is 0 Å². The maximum absolute atomic E-state index is 13.8. The maximum Gasteiger partial charge on any atom is 0.194 e. The monoisotopic (exact) mass is 226 g/mol. The number of rotatable bonds is 1. The van der Waals surface area contributed by atoms with Crippen molar-refractivity contribution in [3.05, 3.63) is 58.9 Å². The second-order valence-electron chi connectivity index (χ2n) is 4.23. The Balaban J connectivity index is 2.32. The van der Waals surface area contributed by atoms with Crippen LogP contribution in [-0.2, 0) is 6.42 Å². The fraction of sp³-hybridized carbons (Fsp3) is 0.133. The summed E-state index contributed by atoms with van der Waals surface area (Å²) in [6.45, 7) is 2.04. The van der Waals surface area contributed by atoms with E-state index in [1.165, 1.54) is 6.07 Å². The van der Waals surface area contributed by atoms with E-state index in [0.29, 0.717) is 16.7 Å². The van der Waals surface area contributed by atoms with Gasteiger partial charge in [0.2, 0.25) is 0 Å². The molecule has 0 saturated carbocycles. The molecule has 0 aromatic heterocycles. The molecule has 3 rings (SSSR count). The normalized spacial score (nSPS) is 12.5. The van der Waals surface area contributed by atoms with Crippen LogP contribution in [0, 0.1) is 5.82 Å². The quantitative estimate of drug-likeness (QED) is 0.619. The van der Waals surface area contributed by atoms with Crippen molar-refractivity contribution < 1.29 is 9.18 Å². The average Bonchev–Trinajstić information content (AvgIpc) is 2.64. The van der Waals surface area contributed by atoms with E-state index in [2.05, 4.69) is 0 Å². The van der Waals surface area contributed by atoms with Crippen LogP contribution in [0.1, 0.15) is 28.4 Å². The SMILES string of the molecule is CCc1ccc2c(c1)C(=O)c1cccc(F)c1-2. The van der Waals surface area contributed by atoms with Gasteiger partial charge < -0.3 is 0 Å². The highest BCUT2D eigenvalue weighted by Crippen LogP contribution is 2.38. The minimum absolute atomic E-state index is 0.0650. The molecule has 0 saturated heterocycles. The maximum atomic E-state index is 13.8. The summed E-state index contributed by atoms with van der Waals surface area (Å²) in [5.74, 6) is -0.386. The Morgan fingerprint density at radius 2 is 1.88 bits per heavy atom. The van der Waals surface area contributed by atoms with Gasteiger partial charge in [0, 0.05) is 16.7 Å². The minimum atomic E-state index is -0.321. The van der Waals surface area contributed by atoms with Gasteiger partial charge in [0.15, 0.2) is 5.78 Å². The zero-order valence-electron chi connectivity index (χ0n) is 9.46. The molecule has 0 atom stereocenters. The molecule has 1 aliphatic rings. The number of hydrogen-bond donors (Lipinski definition) is 0. The Morgan fingerprint density at radius 1 is 1.06 bits per heavy atom. The number of ketones is 1. The summed E-state index contributed by atoms with van der Waals surface area (Å²) in [5, 5.41) is 0. The molecule has 1 aliphatic carbocycles. The molecule has 0 N–H and O–H groups in total. The predicted molar refractivity (Wildman–Crippen MR) is 64.6 cm³/mol. The van der Waals surface area contributed by atoms with Crippen molar-refractivity contribution in [1.29, 1.82) is 0 Å². The van der Waals surface area contributed by atoms with Gasteiger partial charge in [-0.25, -0.2) is 4.39 Å². The molecule has 0 bridgehead atoms. The van der Waals surface area contributed by atoms with Crippen molar-refractivity contribution >= 4 is 5.78 Å². The van der Waals surface area contributed by atoms with Crippen LogP contribution in [0.4, 0.5) is 4.39 Å². The van der Waals surface area contributed by atoms with Crippen LogP contribution in [0.3, 0.4) is 0 Å². The van der Waals surface area contributed by atoms with Crippen molar-refractivity contribution in [3.8, 4) is 11.1 Å². The fourth-order valence-corrected chi connectivity index (χ4v) is 2.35. The summed E-state index contributed by atoms with van der Waals surface area (Å²) in [5.41, 5.74) is 3.39. The van der Waals surface area contributed by atoms with Crippen LogP contribution in [-0.4, -0.2) is 5.78 Å². The first-order valence-electron chi connectivity index (χ1n) is 5.69. The van der Waals surface area contributed by atoms with E-state index in [-0.39, 0.29) is 11.6 Å². The Labute approximate surface area is 98.9 Å². The largest absolute Gasteiger partial charge is 0.289 e. The number of carbonyl (C=O) groups excluding carboxylic acids is 1. The number of carbonyl (C=O) groups is 1. The Morgan fingerprint density at radius 3 is 2.65 bits per heavy atom. The van der Waals surface area contributed by atoms with Gasteiger partial charge in [0.05, 0.1) is 0 Å². The first kappa shape index (κ1) is 10.2. The highest BCUT2D eigenvalue weighted by molar-refractivity contribution is 6.21. The van der Waals surface area contributed by atoms with Crippen molar-refractivity contribution in [2.45, 2.75) is 13.3 Å². The minimum Gasteiger partial charge on any atom is -0.289 e. The number of benzene rings is 2. The molecule has 0 amide bonds. The second-order valence-corrected chi connectivity index (χ2v) is 4.23. The summed E-state index contributed by atoms with van der Waals surface area (Å²) in [4.78, 5) is 12.1. The lowest BCUT2D eigenvalue weighted by molar-refractivity contribution is 0.104. The van der Waals surface area contributed by atoms with E-state index in [1.54, 1.807) is 12.1 Å². The summed E-state index contributed by atoms with van der Waals surface area (Å²) in [7, 11) is 0. The molecule has 17 heavy (non-hydrogen) atoms. The van der Waals surface area contributed by atoms with E-state index >= 15 is 0 Å². The van der Waals surface area contributed by atoms with Gasteiger partial charge in [0.1, 0.15) is 5.82 Å². The zero-order chi connectivity index (χ0) is 12.0. The third-order valence-electron chi connectivity index (χ3n) is 3.26. The highest BCUT2D eigenvalue weighted by atomic mass is 19.1. The molecule has 2 aromatic rings. The molecule has 2 aromatic carbocycles. The molecule has 0 spiro atoms. The molecule has 0 radical (unpaired) electrons. The molecule has 0 fully saturated rings. The van der Waals surface area contributed by atoms with Crippen molar-refractivity contribution in [1.82, 2.24) is 0 Å². The second kappa shape index (κ2) is 3.52. The standard InChI is InChI=1S/C15H11FO/c1-2-9-6-7-10-12(8-9)15(17)11-4-3-5-13(16)14(10)11/h3-8H,2H2,1H3. The van der Waals surface area contributed by atoms with Crippen molar-refractivity contribution in [2.24, 2.45) is 0 Å². The Hall–Kier alpha value is -1.96. The van der Waals surface area contributed by atoms with Crippen LogP contribution in [0.2, 0.25) is 0 Å². The van der Waals surface area contributed by atoms with Gasteiger partial charge in [-0.3, -0.25) is 4.79 Å². The van der Waals surface area contributed by atoms with Crippen LogP contribution >= 0.6 is 0 Å². The highest BCUT2D eigenvalue weighted by Gasteiger charge is 2.28. The van der Waals surface area contributed by atoms with E-state index in [4.69, 9.17) is 0 Å². The molecular weight excluding hydrogens is 215 g/mol. The van der Waals surface area contributed by atoms with E-state index in [1.807, 2.05) is 25.1 Å². The van der Waals surface area contributed by atoms with Gasteiger partial charge in [-0.2, -0.15) is 0 Å². The number of fused-ring (bicyclic) bond motifs is 3. The van der Waals surface area contributed by atoms with Crippen molar-refractivity contribution in [2.75, 3.05) is 0 Å².